The van der Waals surface area contributed by atoms with Crippen LogP contribution in [0.4, 0.5) is 4.79 Å². The first-order valence-corrected chi connectivity index (χ1v) is 6.94. The molecule has 0 aromatic heterocycles. The molecule has 0 radical (unpaired) electrons. The summed E-state index contributed by atoms with van der Waals surface area (Å²) >= 11 is 0. The number of aliphatic carboxylic acids is 1. The Kier molecular flexibility index (Phi) is 4.77. The first-order chi connectivity index (χ1) is 10.4. The van der Waals surface area contributed by atoms with E-state index in [2.05, 4.69) is 0 Å². The molecule has 1 aromatic carbocycles. The Bertz CT molecular complexity index is 575. The molecule has 118 valence electrons. The minimum atomic E-state index is -1.18. The maximum atomic E-state index is 12.4. The molecular formula is C15H18N2O5. The number of nitrogens with two attached hydrogens (primary N) is 1. The van der Waals surface area contributed by atoms with E-state index >= 15 is 0 Å². The predicted molar refractivity (Wildman–Crippen MR) is 76.8 cm³/mol. The van der Waals surface area contributed by atoms with Crippen molar-refractivity contribution in [2.45, 2.75) is 25.4 Å². The number of amides is 2. The van der Waals surface area contributed by atoms with Crippen molar-refractivity contribution >= 4 is 18.0 Å². The Morgan fingerprint density at radius 2 is 2.05 bits per heavy atom. The van der Waals surface area contributed by atoms with Gasteiger partial charge < -0.3 is 15.6 Å². The van der Waals surface area contributed by atoms with Crippen LogP contribution in [-0.2, 0) is 14.3 Å². The van der Waals surface area contributed by atoms with E-state index < -0.39 is 36.0 Å². The second kappa shape index (κ2) is 6.57. The predicted octanol–water partition coefficient (Wildman–Crippen LogP) is 1.14. The molecule has 3 N–H and O–H groups in total. The fraction of sp³-hybridized carbons (Fsp3) is 0.400. The third-order valence-electron chi connectivity index (χ3n) is 3.72. The molecule has 1 heterocycles. The van der Waals surface area contributed by atoms with Crippen molar-refractivity contribution in [1.29, 1.82) is 0 Å². The summed E-state index contributed by atoms with van der Waals surface area (Å²) in [7, 11) is 0. The maximum Gasteiger partial charge on any atom is 0.417 e. The number of benzene rings is 1. The van der Waals surface area contributed by atoms with Crippen LogP contribution in [0, 0.1) is 5.92 Å². The van der Waals surface area contributed by atoms with Gasteiger partial charge in [0.1, 0.15) is 18.7 Å². The van der Waals surface area contributed by atoms with Crippen LogP contribution < -0.4 is 5.73 Å². The van der Waals surface area contributed by atoms with Crippen molar-refractivity contribution in [3.05, 3.63) is 35.9 Å². The molecule has 0 bridgehead atoms. The fourth-order valence-corrected chi connectivity index (χ4v) is 2.36. The molecule has 2 amide bonds. The highest BCUT2D eigenvalue weighted by molar-refractivity contribution is 5.94. The molecular weight excluding hydrogens is 288 g/mol. The Hall–Kier alpha value is -2.41. The molecule has 0 unspecified atom stereocenters. The van der Waals surface area contributed by atoms with Crippen LogP contribution in [0.3, 0.4) is 0 Å². The molecule has 2 rings (SSSR count). The van der Waals surface area contributed by atoms with E-state index in [-0.39, 0.29) is 13.0 Å². The molecule has 0 aliphatic carbocycles. The lowest BCUT2D eigenvalue weighted by Gasteiger charge is -2.22. The molecule has 22 heavy (non-hydrogen) atoms. The van der Waals surface area contributed by atoms with E-state index in [1.807, 2.05) is 18.2 Å². The van der Waals surface area contributed by atoms with Gasteiger partial charge in [0.15, 0.2) is 0 Å². The van der Waals surface area contributed by atoms with E-state index in [0.29, 0.717) is 0 Å². The zero-order chi connectivity index (χ0) is 16.3. The normalized spacial score (nSPS) is 20.4. The second-order valence-electron chi connectivity index (χ2n) is 5.31. The number of carbonyl (C=O) groups excluding carboxylic acids is 2. The maximum absolute atomic E-state index is 12.4. The molecule has 1 saturated heterocycles. The minimum absolute atomic E-state index is 0.0912. The number of rotatable bonds is 5. The van der Waals surface area contributed by atoms with Crippen LogP contribution in [0.15, 0.2) is 30.3 Å². The number of hydrogen-bond donors (Lipinski definition) is 2. The summed E-state index contributed by atoms with van der Waals surface area (Å²) in [5, 5.41) is 8.87. The Labute approximate surface area is 127 Å². The number of cyclic esters (lactones) is 1. The molecule has 1 aliphatic rings. The summed E-state index contributed by atoms with van der Waals surface area (Å²) < 4.78 is 4.96. The SMILES string of the molecule is C[C@H](CC(=O)N1C(=O)OC[C@H]1c1ccccc1)[C@@H](N)C(=O)O. The van der Waals surface area contributed by atoms with Gasteiger partial charge in [0.2, 0.25) is 5.91 Å². The lowest BCUT2D eigenvalue weighted by molar-refractivity contribution is -0.140. The number of ether oxygens (including phenoxy) is 1. The molecule has 1 aromatic rings. The summed E-state index contributed by atoms with van der Waals surface area (Å²) in [5.41, 5.74) is 6.29. The molecule has 3 atom stereocenters. The number of carbonyl (C=O) groups is 3. The second-order valence-corrected chi connectivity index (χ2v) is 5.31. The van der Waals surface area contributed by atoms with Crippen molar-refractivity contribution in [2.24, 2.45) is 11.7 Å². The third kappa shape index (κ3) is 3.25. The van der Waals surface area contributed by atoms with Crippen LogP contribution in [0.1, 0.15) is 24.9 Å². The van der Waals surface area contributed by atoms with Crippen LogP contribution in [-0.4, -0.2) is 40.6 Å². The highest BCUT2D eigenvalue weighted by atomic mass is 16.6. The molecule has 7 heteroatoms. The highest BCUT2D eigenvalue weighted by Crippen LogP contribution is 2.29. The van der Waals surface area contributed by atoms with Crippen molar-refractivity contribution < 1.29 is 24.2 Å². The number of hydrogen-bond acceptors (Lipinski definition) is 5. The summed E-state index contributed by atoms with van der Waals surface area (Å²) in [4.78, 5) is 36.1. The van der Waals surface area contributed by atoms with Gasteiger partial charge in [-0.05, 0) is 11.5 Å². The average molecular weight is 306 g/mol. The zero-order valence-electron chi connectivity index (χ0n) is 12.1. The number of carboxylic acids is 1. The lowest BCUT2D eigenvalue weighted by atomic mass is 9.97. The molecule has 1 fully saturated rings. The van der Waals surface area contributed by atoms with Crippen LogP contribution in [0.5, 0.6) is 0 Å². The quantitative estimate of drug-likeness (QED) is 0.844. The number of nitrogens with zero attached hydrogens (tertiary/aromatic N) is 1. The van der Waals surface area contributed by atoms with Crippen molar-refractivity contribution in [1.82, 2.24) is 4.90 Å². The monoisotopic (exact) mass is 306 g/mol. The summed E-state index contributed by atoms with van der Waals surface area (Å²) in [6, 6.07) is 7.42. The van der Waals surface area contributed by atoms with Crippen molar-refractivity contribution in [3.63, 3.8) is 0 Å². The van der Waals surface area contributed by atoms with Gasteiger partial charge in [-0.1, -0.05) is 37.3 Å². The van der Waals surface area contributed by atoms with E-state index in [9.17, 15) is 14.4 Å². The van der Waals surface area contributed by atoms with Gasteiger partial charge in [-0.15, -0.1) is 0 Å². The smallest absolute Gasteiger partial charge is 0.417 e. The minimum Gasteiger partial charge on any atom is -0.480 e. The standard InChI is InChI=1S/C15H18N2O5/c1-9(13(16)14(19)20)7-12(18)17-11(8-22-15(17)21)10-5-3-2-4-6-10/h2-6,9,11,13H,7-8,16H2,1H3,(H,19,20)/t9-,11+,13-/m1/s1. The fourth-order valence-electron chi connectivity index (χ4n) is 2.36. The van der Waals surface area contributed by atoms with Gasteiger partial charge in [-0.3, -0.25) is 9.59 Å². The Morgan fingerprint density at radius 1 is 1.41 bits per heavy atom. The number of imide groups is 1. The van der Waals surface area contributed by atoms with E-state index in [1.54, 1.807) is 19.1 Å². The molecule has 0 saturated carbocycles. The van der Waals surface area contributed by atoms with Gasteiger partial charge >= 0.3 is 12.1 Å². The Balaban J connectivity index is 2.12. The largest absolute Gasteiger partial charge is 0.480 e. The van der Waals surface area contributed by atoms with E-state index in [0.717, 1.165) is 10.5 Å². The first kappa shape index (κ1) is 16.0. The van der Waals surface area contributed by atoms with Gasteiger partial charge in [-0.25, -0.2) is 9.69 Å². The first-order valence-electron chi connectivity index (χ1n) is 6.94. The molecule has 7 nitrogen and oxygen atoms in total. The lowest BCUT2D eigenvalue weighted by Crippen LogP contribution is -2.41. The molecule has 1 aliphatic heterocycles. The van der Waals surface area contributed by atoms with Gasteiger partial charge in [0, 0.05) is 6.42 Å². The van der Waals surface area contributed by atoms with Gasteiger partial charge in [0.25, 0.3) is 0 Å². The van der Waals surface area contributed by atoms with Crippen LogP contribution >= 0.6 is 0 Å². The highest BCUT2D eigenvalue weighted by Gasteiger charge is 2.39. The van der Waals surface area contributed by atoms with E-state index in [1.165, 1.54) is 0 Å². The van der Waals surface area contributed by atoms with Crippen LogP contribution in [0.25, 0.3) is 0 Å². The zero-order valence-corrected chi connectivity index (χ0v) is 12.1. The van der Waals surface area contributed by atoms with E-state index in [4.69, 9.17) is 15.6 Å². The van der Waals surface area contributed by atoms with Gasteiger partial charge in [-0.2, -0.15) is 0 Å². The van der Waals surface area contributed by atoms with Crippen LogP contribution in [0.2, 0.25) is 0 Å². The topological polar surface area (TPSA) is 110 Å². The number of carboxylic acid groups (broad SMARTS) is 1. The molecule has 0 spiro atoms. The summed E-state index contributed by atoms with van der Waals surface area (Å²) in [6.07, 6.45) is -0.846. The summed E-state index contributed by atoms with van der Waals surface area (Å²) in [6.45, 7) is 1.66. The van der Waals surface area contributed by atoms with Gasteiger partial charge in [0.05, 0.1) is 0 Å². The average Bonchev–Trinajstić information content (AvgIpc) is 2.88. The third-order valence-corrected chi connectivity index (χ3v) is 3.72. The Morgan fingerprint density at radius 3 is 2.64 bits per heavy atom. The van der Waals surface area contributed by atoms with Crippen molar-refractivity contribution in [3.8, 4) is 0 Å². The summed E-state index contributed by atoms with van der Waals surface area (Å²) in [5.74, 6) is -2.25. The van der Waals surface area contributed by atoms with Crippen molar-refractivity contribution in [2.75, 3.05) is 6.61 Å².